The number of carboxylic acids is 1. The Morgan fingerprint density at radius 2 is 2.07 bits per heavy atom. The van der Waals surface area contributed by atoms with Crippen LogP contribution in [0, 0.1) is 11.3 Å². The summed E-state index contributed by atoms with van der Waals surface area (Å²) < 4.78 is 0. The highest BCUT2D eigenvalue weighted by Crippen LogP contribution is 2.14. The smallest absolute Gasteiger partial charge is 0.354 e. The summed E-state index contributed by atoms with van der Waals surface area (Å²) in [5.74, 6) is -1.07. The third-order valence-electron chi connectivity index (χ3n) is 2.04. The summed E-state index contributed by atoms with van der Waals surface area (Å²) >= 11 is 0. The number of nitrogens with zero attached hydrogens (tertiary/aromatic N) is 2. The van der Waals surface area contributed by atoms with Crippen LogP contribution in [0.15, 0.2) is 30.3 Å². The number of pyridine rings is 1. The summed E-state index contributed by atoms with van der Waals surface area (Å²) in [6.45, 7) is 0. The molecule has 15 heavy (non-hydrogen) atoms. The van der Waals surface area contributed by atoms with Gasteiger partial charge in [0.25, 0.3) is 0 Å². The minimum Gasteiger partial charge on any atom is -0.477 e. The fourth-order valence-corrected chi connectivity index (χ4v) is 1.31. The van der Waals surface area contributed by atoms with Crippen molar-refractivity contribution in [2.24, 2.45) is 0 Å². The lowest BCUT2D eigenvalue weighted by Crippen LogP contribution is -1.99. The first kappa shape index (κ1) is 9.16. The molecule has 0 atom stereocenters. The Balaban J connectivity index is 2.69. The largest absolute Gasteiger partial charge is 0.477 e. The quantitative estimate of drug-likeness (QED) is 0.758. The van der Waals surface area contributed by atoms with E-state index in [1.807, 2.05) is 6.07 Å². The molecule has 0 saturated heterocycles. The highest BCUT2D eigenvalue weighted by atomic mass is 16.4. The molecule has 0 fully saturated rings. The fourth-order valence-electron chi connectivity index (χ4n) is 1.31. The summed E-state index contributed by atoms with van der Waals surface area (Å²) in [5.41, 5.74) is 0.976. The van der Waals surface area contributed by atoms with Crippen molar-refractivity contribution in [3.63, 3.8) is 0 Å². The van der Waals surface area contributed by atoms with Crippen molar-refractivity contribution in [3.8, 4) is 6.07 Å². The van der Waals surface area contributed by atoms with Crippen LogP contribution < -0.4 is 0 Å². The molecule has 0 bridgehead atoms. The van der Waals surface area contributed by atoms with Crippen molar-refractivity contribution < 1.29 is 9.90 Å². The van der Waals surface area contributed by atoms with E-state index in [1.54, 1.807) is 24.3 Å². The van der Waals surface area contributed by atoms with Gasteiger partial charge in [-0.25, -0.2) is 9.78 Å². The Kier molecular flexibility index (Phi) is 2.07. The van der Waals surface area contributed by atoms with E-state index in [4.69, 9.17) is 10.4 Å². The number of aromatic nitrogens is 1. The lowest BCUT2D eigenvalue weighted by atomic mass is 10.1. The molecule has 4 heteroatoms. The van der Waals surface area contributed by atoms with Crippen LogP contribution in [-0.2, 0) is 0 Å². The van der Waals surface area contributed by atoms with Gasteiger partial charge in [-0.2, -0.15) is 5.26 Å². The van der Waals surface area contributed by atoms with Crippen molar-refractivity contribution in [1.29, 1.82) is 5.26 Å². The second-order valence-electron chi connectivity index (χ2n) is 3.02. The summed E-state index contributed by atoms with van der Waals surface area (Å²) in [4.78, 5) is 14.6. The Bertz CT molecular complexity index is 585. The average molecular weight is 198 g/mol. The second-order valence-corrected chi connectivity index (χ2v) is 3.02. The second kappa shape index (κ2) is 3.39. The number of hydrogen-bond acceptors (Lipinski definition) is 3. The molecule has 2 aromatic rings. The van der Waals surface area contributed by atoms with E-state index < -0.39 is 5.97 Å². The van der Waals surface area contributed by atoms with Crippen LogP contribution in [0.3, 0.4) is 0 Å². The summed E-state index contributed by atoms with van der Waals surface area (Å²) in [6, 6.07) is 10.1. The first-order chi connectivity index (χ1) is 7.20. The molecule has 1 aromatic carbocycles. The molecule has 0 amide bonds. The summed E-state index contributed by atoms with van der Waals surface area (Å²) in [7, 11) is 0. The molecular weight excluding hydrogens is 192 g/mol. The van der Waals surface area contributed by atoms with Crippen molar-refractivity contribution in [3.05, 3.63) is 41.6 Å². The van der Waals surface area contributed by atoms with Crippen LogP contribution in [0.5, 0.6) is 0 Å². The standard InChI is InChI=1S/C11H6N2O2/c12-6-7-1-2-8-3-4-9(11(14)15)13-10(8)5-7/h1-5H,(H,14,15). The van der Waals surface area contributed by atoms with Gasteiger partial charge in [0.2, 0.25) is 0 Å². The third kappa shape index (κ3) is 1.63. The number of fused-ring (bicyclic) bond motifs is 1. The van der Waals surface area contributed by atoms with Gasteiger partial charge in [-0.3, -0.25) is 0 Å². The van der Waals surface area contributed by atoms with E-state index in [1.165, 1.54) is 6.07 Å². The maximum atomic E-state index is 10.7. The highest BCUT2D eigenvalue weighted by molar-refractivity contribution is 5.90. The van der Waals surface area contributed by atoms with E-state index in [2.05, 4.69) is 4.98 Å². The van der Waals surface area contributed by atoms with Crippen LogP contribution in [0.25, 0.3) is 10.9 Å². The van der Waals surface area contributed by atoms with Gasteiger partial charge in [0, 0.05) is 5.39 Å². The SMILES string of the molecule is N#Cc1ccc2ccc(C(=O)O)nc2c1. The zero-order valence-corrected chi connectivity index (χ0v) is 7.64. The van der Waals surface area contributed by atoms with Crippen molar-refractivity contribution in [1.82, 2.24) is 4.98 Å². The molecule has 0 unspecified atom stereocenters. The zero-order chi connectivity index (χ0) is 10.8. The first-order valence-electron chi connectivity index (χ1n) is 4.25. The molecule has 0 saturated carbocycles. The molecule has 0 spiro atoms. The Labute approximate surface area is 85.4 Å². The molecule has 0 radical (unpaired) electrons. The average Bonchev–Trinajstić information content (AvgIpc) is 2.27. The van der Waals surface area contributed by atoms with Gasteiger partial charge < -0.3 is 5.11 Å². The maximum Gasteiger partial charge on any atom is 0.354 e. The van der Waals surface area contributed by atoms with Gasteiger partial charge >= 0.3 is 5.97 Å². The molecule has 2 rings (SSSR count). The van der Waals surface area contributed by atoms with Gasteiger partial charge in [-0.15, -0.1) is 0 Å². The number of benzene rings is 1. The molecule has 0 aliphatic heterocycles. The Morgan fingerprint density at radius 3 is 2.73 bits per heavy atom. The number of carbonyl (C=O) groups is 1. The topological polar surface area (TPSA) is 74.0 Å². The van der Waals surface area contributed by atoms with Crippen molar-refractivity contribution in [2.45, 2.75) is 0 Å². The lowest BCUT2D eigenvalue weighted by molar-refractivity contribution is 0.0691. The van der Waals surface area contributed by atoms with Gasteiger partial charge in [-0.1, -0.05) is 12.1 Å². The van der Waals surface area contributed by atoms with E-state index in [-0.39, 0.29) is 5.69 Å². The van der Waals surface area contributed by atoms with Gasteiger partial charge in [0.05, 0.1) is 17.1 Å². The van der Waals surface area contributed by atoms with E-state index in [9.17, 15) is 4.79 Å². The Morgan fingerprint density at radius 1 is 1.33 bits per heavy atom. The molecule has 1 heterocycles. The van der Waals surface area contributed by atoms with Crippen LogP contribution >= 0.6 is 0 Å². The van der Waals surface area contributed by atoms with Crippen LogP contribution in [0.1, 0.15) is 16.1 Å². The van der Waals surface area contributed by atoms with Gasteiger partial charge in [-0.05, 0) is 18.2 Å². The number of carboxylic acid groups (broad SMARTS) is 1. The molecule has 0 aliphatic rings. The highest BCUT2D eigenvalue weighted by Gasteiger charge is 2.05. The summed E-state index contributed by atoms with van der Waals surface area (Å²) in [6.07, 6.45) is 0. The maximum absolute atomic E-state index is 10.7. The van der Waals surface area contributed by atoms with Crippen LogP contribution in [0.2, 0.25) is 0 Å². The molecule has 72 valence electrons. The third-order valence-corrected chi connectivity index (χ3v) is 2.04. The monoisotopic (exact) mass is 198 g/mol. The minimum atomic E-state index is -1.07. The number of hydrogen-bond donors (Lipinski definition) is 1. The van der Waals surface area contributed by atoms with Gasteiger partial charge in [0.15, 0.2) is 0 Å². The molecule has 0 aliphatic carbocycles. The predicted octanol–water partition coefficient (Wildman–Crippen LogP) is 1.80. The molecule has 1 aromatic heterocycles. The summed E-state index contributed by atoms with van der Waals surface area (Å²) in [5, 5.41) is 18.2. The van der Waals surface area contributed by atoms with Crippen molar-refractivity contribution in [2.75, 3.05) is 0 Å². The molecular formula is C11H6N2O2. The number of nitriles is 1. The van der Waals surface area contributed by atoms with Gasteiger partial charge in [0.1, 0.15) is 5.69 Å². The normalized spacial score (nSPS) is 9.80. The van der Waals surface area contributed by atoms with Crippen LogP contribution in [-0.4, -0.2) is 16.1 Å². The fraction of sp³-hybridized carbons (Fsp3) is 0. The van der Waals surface area contributed by atoms with E-state index in [0.717, 1.165) is 5.39 Å². The van der Waals surface area contributed by atoms with E-state index >= 15 is 0 Å². The number of rotatable bonds is 1. The molecule has 4 nitrogen and oxygen atoms in total. The van der Waals surface area contributed by atoms with Crippen LogP contribution in [0.4, 0.5) is 0 Å². The first-order valence-corrected chi connectivity index (χ1v) is 4.25. The number of aromatic carboxylic acids is 1. The minimum absolute atomic E-state index is 0.0161. The van der Waals surface area contributed by atoms with E-state index in [0.29, 0.717) is 11.1 Å². The zero-order valence-electron chi connectivity index (χ0n) is 7.64. The predicted molar refractivity (Wildman–Crippen MR) is 53.4 cm³/mol. The molecule has 1 N–H and O–H groups in total. The lowest BCUT2D eigenvalue weighted by Gasteiger charge is -1.98. The van der Waals surface area contributed by atoms with Crippen molar-refractivity contribution >= 4 is 16.9 Å². The Hall–Kier alpha value is -2.41.